The summed E-state index contributed by atoms with van der Waals surface area (Å²) in [6.07, 6.45) is 1.19. The average Bonchev–Trinajstić information content (AvgIpc) is 2.68. The molecule has 0 unspecified atom stereocenters. The Morgan fingerprint density at radius 1 is 0.964 bits per heavy atom. The number of aryl methyl sites for hydroxylation is 2. The molecule has 1 aliphatic rings. The molecule has 1 fully saturated rings. The number of nitrogens with zero attached hydrogens (tertiary/aromatic N) is 2. The van der Waals surface area contributed by atoms with Gasteiger partial charge in [0.2, 0.25) is 0 Å². The topological polar surface area (TPSA) is 33.2 Å². The van der Waals surface area contributed by atoms with E-state index in [0.717, 1.165) is 40.8 Å². The summed E-state index contributed by atoms with van der Waals surface area (Å²) < 4.78 is 0. The van der Waals surface area contributed by atoms with Gasteiger partial charge < -0.3 is 4.90 Å². The molecule has 3 aromatic rings. The maximum atomic E-state index is 13.5. The highest BCUT2D eigenvalue weighted by Crippen LogP contribution is 2.29. The fraction of sp³-hybridized carbons (Fsp3) is 0.360. The van der Waals surface area contributed by atoms with Gasteiger partial charge in [-0.1, -0.05) is 44.2 Å². The maximum absolute atomic E-state index is 13.5. The zero-order chi connectivity index (χ0) is 19.8. The van der Waals surface area contributed by atoms with E-state index in [1.54, 1.807) is 0 Å². The summed E-state index contributed by atoms with van der Waals surface area (Å²) >= 11 is 0. The predicted molar refractivity (Wildman–Crippen MR) is 116 cm³/mol. The fourth-order valence-electron chi connectivity index (χ4n) is 4.40. The van der Waals surface area contributed by atoms with Crippen LogP contribution < -0.4 is 0 Å². The molecule has 1 aromatic heterocycles. The van der Waals surface area contributed by atoms with Crippen LogP contribution in [-0.4, -0.2) is 28.9 Å². The summed E-state index contributed by atoms with van der Waals surface area (Å²) in [5.74, 6) is 1.21. The van der Waals surface area contributed by atoms with E-state index in [-0.39, 0.29) is 5.91 Å². The SMILES string of the molecule is Cc1ccc(-c2cc(C(=O)N3C[C@H](C)C[C@H](C)C3)c3ccccc3n2)cc1C. The van der Waals surface area contributed by atoms with Gasteiger partial charge in [0, 0.05) is 24.0 Å². The molecule has 0 radical (unpaired) electrons. The Balaban J connectivity index is 1.82. The molecule has 2 aromatic carbocycles. The number of carbonyl (C=O) groups is 1. The van der Waals surface area contributed by atoms with Crippen LogP contribution in [0.4, 0.5) is 0 Å². The second-order valence-corrected chi connectivity index (χ2v) is 8.53. The van der Waals surface area contributed by atoms with Crippen LogP contribution in [0.2, 0.25) is 0 Å². The Labute approximate surface area is 167 Å². The summed E-state index contributed by atoms with van der Waals surface area (Å²) in [7, 11) is 0. The summed E-state index contributed by atoms with van der Waals surface area (Å²) in [5.41, 5.74) is 6.06. The van der Waals surface area contributed by atoms with Crippen molar-refractivity contribution < 1.29 is 4.79 Å². The number of amides is 1. The Hall–Kier alpha value is -2.68. The number of piperidine rings is 1. The van der Waals surface area contributed by atoms with Gasteiger partial charge in [0.05, 0.1) is 16.8 Å². The van der Waals surface area contributed by atoms with Crippen LogP contribution in [0.15, 0.2) is 48.5 Å². The van der Waals surface area contributed by atoms with E-state index < -0.39 is 0 Å². The highest BCUT2D eigenvalue weighted by molar-refractivity contribution is 6.07. The van der Waals surface area contributed by atoms with Crippen LogP contribution in [-0.2, 0) is 0 Å². The van der Waals surface area contributed by atoms with Gasteiger partial charge in [-0.15, -0.1) is 0 Å². The molecule has 1 amide bonds. The van der Waals surface area contributed by atoms with Gasteiger partial charge in [-0.3, -0.25) is 4.79 Å². The third-order valence-corrected chi connectivity index (χ3v) is 5.91. The lowest BCUT2D eigenvalue weighted by Crippen LogP contribution is -2.42. The zero-order valence-corrected chi connectivity index (χ0v) is 17.2. The van der Waals surface area contributed by atoms with Gasteiger partial charge in [0.25, 0.3) is 5.91 Å². The first-order valence-corrected chi connectivity index (χ1v) is 10.2. The molecule has 4 rings (SSSR count). The lowest BCUT2D eigenvalue weighted by atomic mass is 9.91. The number of aromatic nitrogens is 1. The molecule has 28 heavy (non-hydrogen) atoms. The summed E-state index contributed by atoms with van der Waals surface area (Å²) in [5, 5.41) is 0.936. The average molecular weight is 373 g/mol. The van der Waals surface area contributed by atoms with Crippen molar-refractivity contribution in [1.29, 1.82) is 0 Å². The maximum Gasteiger partial charge on any atom is 0.254 e. The Morgan fingerprint density at radius 2 is 1.68 bits per heavy atom. The van der Waals surface area contributed by atoms with E-state index in [0.29, 0.717) is 11.8 Å². The first-order chi connectivity index (χ1) is 13.4. The molecule has 0 aliphatic carbocycles. The lowest BCUT2D eigenvalue weighted by Gasteiger charge is -2.35. The molecule has 0 saturated carbocycles. The molecule has 1 saturated heterocycles. The van der Waals surface area contributed by atoms with Gasteiger partial charge in [-0.05, 0) is 61.4 Å². The van der Waals surface area contributed by atoms with Crippen molar-refractivity contribution in [3.05, 3.63) is 65.2 Å². The second kappa shape index (κ2) is 7.38. The quantitative estimate of drug-likeness (QED) is 0.583. The van der Waals surface area contributed by atoms with Crippen LogP contribution in [0, 0.1) is 25.7 Å². The first-order valence-electron chi connectivity index (χ1n) is 10.2. The van der Waals surface area contributed by atoms with E-state index in [2.05, 4.69) is 45.9 Å². The Bertz CT molecular complexity index is 1030. The molecular formula is C25H28N2O. The van der Waals surface area contributed by atoms with Crippen molar-refractivity contribution in [2.24, 2.45) is 11.8 Å². The third kappa shape index (κ3) is 3.54. The summed E-state index contributed by atoms with van der Waals surface area (Å²) in [4.78, 5) is 20.4. The zero-order valence-electron chi connectivity index (χ0n) is 17.2. The molecule has 0 spiro atoms. The fourth-order valence-corrected chi connectivity index (χ4v) is 4.40. The third-order valence-electron chi connectivity index (χ3n) is 5.91. The number of hydrogen-bond acceptors (Lipinski definition) is 2. The molecule has 3 heteroatoms. The molecule has 2 atom stereocenters. The largest absolute Gasteiger partial charge is 0.338 e. The minimum Gasteiger partial charge on any atom is -0.338 e. The second-order valence-electron chi connectivity index (χ2n) is 8.53. The van der Waals surface area contributed by atoms with Crippen LogP contribution >= 0.6 is 0 Å². The molecular weight excluding hydrogens is 344 g/mol. The Morgan fingerprint density at radius 3 is 2.39 bits per heavy atom. The van der Waals surface area contributed by atoms with E-state index >= 15 is 0 Å². The van der Waals surface area contributed by atoms with Gasteiger partial charge in [0.15, 0.2) is 0 Å². The molecule has 0 bridgehead atoms. The molecule has 3 nitrogen and oxygen atoms in total. The number of likely N-dealkylation sites (tertiary alicyclic amines) is 1. The molecule has 0 N–H and O–H groups in total. The summed E-state index contributed by atoms with van der Waals surface area (Å²) in [6, 6.07) is 16.3. The van der Waals surface area contributed by atoms with Crippen LogP contribution in [0.25, 0.3) is 22.2 Å². The smallest absolute Gasteiger partial charge is 0.254 e. The number of carbonyl (C=O) groups excluding carboxylic acids is 1. The van der Waals surface area contributed by atoms with E-state index in [4.69, 9.17) is 4.98 Å². The number of rotatable bonds is 2. The van der Waals surface area contributed by atoms with Gasteiger partial charge in [0.1, 0.15) is 0 Å². The van der Waals surface area contributed by atoms with Crippen LogP contribution in [0.5, 0.6) is 0 Å². The molecule has 1 aliphatic heterocycles. The van der Waals surface area contributed by atoms with Crippen molar-refractivity contribution >= 4 is 16.8 Å². The monoisotopic (exact) mass is 372 g/mol. The van der Waals surface area contributed by atoms with Gasteiger partial charge in [-0.2, -0.15) is 0 Å². The normalized spacial score (nSPS) is 19.8. The lowest BCUT2D eigenvalue weighted by molar-refractivity contribution is 0.0625. The molecule has 2 heterocycles. The van der Waals surface area contributed by atoms with Gasteiger partial charge >= 0.3 is 0 Å². The summed E-state index contributed by atoms with van der Waals surface area (Å²) in [6.45, 7) is 10.4. The minimum absolute atomic E-state index is 0.127. The van der Waals surface area contributed by atoms with E-state index in [1.807, 2.05) is 35.2 Å². The van der Waals surface area contributed by atoms with E-state index in [9.17, 15) is 4.79 Å². The van der Waals surface area contributed by atoms with Crippen molar-refractivity contribution in [3.8, 4) is 11.3 Å². The van der Waals surface area contributed by atoms with Crippen LogP contribution in [0.1, 0.15) is 41.8 Å². The van der Waals surface area contributed by atoms with E-state index in [1.165, 1.54) is 17.5 Å². The van der Waals surface area contributed by atoms with Gasteiger partial charge in [-0.25, -0.2) is 4.98 Å². The molecule has 144 valence electrons. The Kier molecular flexibility index (Phi) is 4.92. The number of benzene rings is 2. The number of fused-ring (bicyclic) bond motifs is 1. The van der Waals surface area contributed by atoms with Crippen molar-refractivity contribution in [3.63, 3.8) is 0 Å². The predicted octanol–water partition coefficient (Wildman–Crippen LogP) is 5.64. The highest BCUT2D eigenvalue weighted by Gasteiger charge is 2.27. The van der Waals surface area contributed by atoms with Crippen molar-refractivity contribution in [1.82, 2.24) is 9.88 Å². The standard InChI is InChI=1S/C25H28N2O/c1-16-11-17(2)15-27(14-16)25(28)22-13-24(20-10-9-18(3)19(4)12-20)26-23-8-6-5-7-21(22)23/h5-10,12-13,16-17H,11,14-15H2,1-4H3/t16-,17+. The van der Waals surface area contributed by atoms with Crippen LogP contribution in [0.3, 0.4) is 0 Å². The number of pyridine rings is 1. The van der Waals surface area contributed by atoms with Crippen molar-refractivity contribution in [2.45, 2.75) is 34.1 Å². The number of para-hydroxylation sites is 1. The minimum atomic E-state index is 0.127. The highest BCUT2D eigenvalue weighted by atomic mass is 16.2. The number of hydrogen-bond donors (Lipinski definition) is 0. The first kappa shape index (κ1) is 18.7. The van der Waals surface area contributed by atoms with Crippen molar-refractivity contribution in [2.75, 3.05) is 13.1 Å².